The van der Waals surface area contributed by atoms with Crippen LogP contribution in [-0.2, 0) is 0 Å². The fourth-order valence-corrected chi connectivity index (χ4v) is 4.42. The summed E-state index contributed by atoms with van der Waals surface area (Å²) < 4.78 is 1.69. The summed E-state index contributed by atoms with van der Waals surface area (Å²) >= 11 is 0. The summed E-state index contributed by atoms with van der Waals surface area (Å²) in [6.45, 7) is 6.24. The van der Waals surface area contributed by atoms with E-state index in [4.69, 9.17) is 0 Å². The lowest BCUT2D eigenvalue weighted by molar-refractivity contribution is 0.0728. The first-order valence-electron chi connectivity index (χ1n) is 9.15. The van der Waals surface area contributed by atoms with Gasteiger partial charge in [-0.3, -0.25) is 9.69 Å². The number of rotatable bonds is 3. The molecule has 0 N–H and O–H groups in total. The minimum atomic E-state index is 0.140. The van der Waals surface area contributed by atoms with Crippen LogP contribution in [0.1, 0.15) is 43.5 Å². The van der Waals surface area contributed by atoms with E-state index in [2.05, 4.69) is 28.8 Å². The van der Waals surface area contributed by atoms with Gasteiger partial charge in [0.05, 0.1) is 5.69 Å². The van der Waals surface area contributed by atoms with Gasteiger partial charge in [0.1, 0.15) is 12.7 Å². The average molecular weight is 339 g/mol. The highest BCUT2D eigenvalue weighted by Crippen LogP contribution is 2.32. The second kappa shape index (κ2) is 6.59. The van der Waals surface area contributed by atoms with Crippen molar-refractivity contribution in [2.45, 2.75) is 51.2 Å². The zero-order valence-corrected chi connectivity index (χ0v) is 14.9. The van der Waals surface area contributed by atoms with Crippen LogP contribution < -0.4 is 0 Å². The lowest BCUT2D eigenvalue weighted by Crippen LogP contribution is -2.44. The molecule has 2 fully saturated rings. The molecule has 25 heavy (non-hydrogen) atoms. The van der Waals surface area contributed by atoms with E-state index < -0.39 is 0 Å². The van der Waals surface area contributed by atoms with Crippen molar-refractivity contribution in [1.82, 2.24) is 24.6 Å². The number of amides is 1. The second-order valence-corrected chi connectivity index (χ2v) is 7.35. The minimum absolute atomic E-state index is 0.140. The van der Waals surface area contributed by atoms with Crippen LogP contribution in [0.15, 0.2) is 36.9 Å². The normalized spacial score (nSPS) is 23.9. The number of hydrogen-bond donors (Lipinski definition) is 0. The molecule has 6 nitrogen and oxygen atoms in total. The van der Waals surface area contributed by atoms with Crippen molar-refractivity contribution >= 4 is 5.91 Å². The molecule has 6 heteroatoms. The Bertz CT molecular complexity index is 725. The predicted molar refractivity (Wildman–Crippen MR) is 95.7 cm³/mol. The Hall–Kier alpha value is -2.21. The van der Waals surface area contributed by atoms with Crippen LogP contribution in [0.3, 0.4) is 0 Å². The summed E-state index contributed by atoms with van der Waals surface area (Å²) in [6, 6.07) is 9.32. The molecule has 0 radical (unpaired) electrons. The highest BCUT2D eigenvalue weighted by atomic mass is 16.2. The van der Waals surface area contributed by atoms with Crippen LogP contribution in [0.25, 0.3) is 5.69 Å². The van der Waals surface area contributed by atoms with E-state index in [-0.39, 0.29) is 5.91 Å². The van der Waals surface area contributed by atoms with E-state index in [9.17, 15) is 4.79 Å². The monoisotopic (exact) mass is 339 g/mol. The summed E-state index contributed by atoms with van der Waals surface area (Å²) in [4.78, 5) is 21.6. The van der Waals surface area contributed by atoms with Gasteiger partial charge in [-0.25, -0.2) is 9.67 Å². The molecule has 2 bridgehead atoms. The fraction of sp³-hybridized carbons (Fsp3) is 0.526. The van der Waals surface area contributed by atoms with Gasteiger partial charge in [0.15, 0.2) is 0 Å². The summed E-state index contributed by atoms with van der Waals surface area (Å²) in [5.74, 6) is 0.140. The summed E-state index contributed by atoms with van der Waals surface area (Å²) in [7, 11) is 0. The molecule has 2 aliphatic heterocycles. The van der Waals surface area contributed by atoms with Crippen molar-refractivity contribution in [2.24, 2.45) is 0 Å². The van der Waals surface area contributed by atoms with Crippen molar-refractivity contribution in [3.8, 4) is 5.69 Å². The summed E-state index contributed by atoms with van der Waals surface area (Å²) in [6.07, 6.45) is 6.72. The van der Waals surface area contributed by atoms with E-state index in [1.807, 2.05) is 29.2 Å². The number of hydrogen-bond acceptors (Lipinski definition) is 4. The number of nitrogens with zero attached hydrogens (tertiary/aromatic N) is 5. The molecule has 1 amide bonds. The van der Waals surface area contributed by atoms with E-state index >= 15 is 0 Å². The van der Waals surface area contributed by atoms with E-state index in [1.54, 1.807) is 11.0 Å². The first kappa shape index (κ1) is 16.3. The quantitative estimate of drug-likeness (QED) is 0.861. The third-order valence-corrected chi connectivity index (χ3v) is 5.52. The molecule has 132 valence electrons. The Morgan fingerprint density at radius 2 is 1.88 bits per heavy atom. The first-order chi connectivity index (χ1) is 12.1. The maximum atomic E-state index is 13.0. The molecule has 1 aromatic carbocycles. The van der Waals surface area contributed by atoms with Crippen LogP contribution in [0.4, 0.5) is 0 Å². The average Bonchev–Trinajstić information content (AvgIpc) is 3.22. The van der Waals surface area contributed by atoms with Gasteiger partial charge in [0, 0.05) is 36.8 Å². The molecule has 2 atom stereocenters. The van der Waals surface area contributed by atoms with Gasteiger partial charge >= 0.3 is 0 Å². The van der Waals surface area contributed by atoms with Gasteiger partial charge in [-0.2, -0.15) is 5.10 Å². The Labute approximate surface area is 148 Å². The zero-order valence-electron chi connectivity index (χ0n) is 14.9. The Kier molecular flexibility index (Phi) is 4.29. The van der Waals surface area contributed by atoms with Crippen molar-refractivity contribution in [2.75, 3.05) is 13.1 Å². The second-order valence-electron chi connectivity index (χ2n) is 7.35. The van der Waals surface area contributed by atoms with E-state index in [1.165, 1.54) is 19.2 Å². The molecule has 2 saturated heterocycles. The predicted octanol–water partition coefficient (Wildman–Crippen LogP) is 2.35. The van der Waals surface area contributed by atoms with Gasteiger partial charge in [-0.05, 0) is 57.4 Å². The molecule has 3 heterocycles. The molecule has 0 spiro atoms. The maximum absolute atomic E-state index is 13.0. The molecule has 0 saturated carbocycles. The molecule has 4 rings (SSSR count). The van der Waals surface area contributed by atoms with Gasteiger partial charge in [0.25, 0.3) is 5.91 Å². The van der Waals surface area contributed by atoms with Crippen molar-refractivity contribution < 1.29 is 4.79 Å². The third-order valence-electron chi connectivity index (χ3n) is 5.52. The first-order valence-corrected chi connectivity index (χ1v) is 9.15. The number of likely N-dealkylation sites (tertiary alicyclic amines) is 1. The number of carbonyl (C=O) groups excluding carboxylic acids is 1. The van der Waals surface area contributed by atoms with Crippen LogP contribution in [0, 0.1) is 0 Å². The van der Waals surface area contributed by atoms with Crippen molar-refractivity contribution in [3.63, 3.8) is 0 Å². The number of fused-ring (bicyclic) bond motifs is 2. The van der Waals surface area contributed by atoms with Crippen molar-refractivity contribution in [1.29, 1.82) is 0 Å². The number of benzene rings is 1. The highest BCUT2D eigenvalue weighted by molar-refractivity contribution is 5.94. The minimum Gasteiger partial charge on any atom is -0.337 e. The lowest BCUT2D eigenvalue weighted by Gasteiger charge is -2.32. The third kappa shape index (κ3) is 3.06. The molecule has 2 aromatic rings. The van der Waals surface area contributed by atoms with Crippen molar-refractivity contribution in [3.05, 3.63) is 42.5 Å². The van der Waals surface area contributed by atoms with Crippen LogP contribution in [0.2, 0.25) is 0 Å². The van der Waals surface area contributed by atoms with E-state index in [0.717, 1.165) is 30.8 Å². The molecule has 0 aliphatic carbocycles. The standard InChI is InChI=1S/C19H25N5O/c1-14(2)24-17-7-8-18(24)11-22(10-9-17)19(25)15-3-5-16(6-4-15)23-13-20-12-21-23/h3-6,12-14,17-18H,7-11H2,1-2H3/t17-,18-/m0/s1. The van der Waals surface area contributed by atoms with Gasteiger partial charge in [0.2, 0.25) is 0 Å². The van der Waals surface area contributed by atoms with Gasteiger partial charge in [-0.1, -0.05) is 0 Å². The maximum Gasteiger partial charge on any atom is 0.253 e. The fourth-order valence-electron chi connectivity index (χ4n) is 4.42. The SMILES string of the molecule is CC(C)N1[C@H]2CC[C@H]1CN(C(=O)c1ccc(-n3cncn3)cc1)CC2. The molecular formula is C19H25N5O. The topological polar surface area (TPSA) is 54.3 Å². The highest BCUT2D eigenvalue weighted by Gasteiger charge is 2.39. The largest absolute Gasteiger partial charge is 0.337 e. The molecule has 1 aromatic heterocycles. The Balaban J connectivity index is 1.49. The Morgan fingerprint density at radius 1 is 1.12 bits per heavy atom. The zero-order chi connectivity index (χ0) is 17.4. The van der Waals surface area contributed by atoms with E-state index in [0.29, 0.717) is 18.1 Å². The number of carbonyl (C=O) groups is 1. The van der Waals surface area contributed by atoms with Gasteiger partial charge < -0.3 is 4.90 Å². The summed E-state index contributed by atoms with van der Waals surface area (Å²) in [5, 5.41) is 4.12. The Morgan fingerprint density at radius 3 is 2.56 bits per heavy atom. The van der Waals surface area contributed by atoms with Crippen LogP contribution >= 0.6 is 0 Å². The van der Waals surface area contributed by atoms with Gasteiger partial charge in [-0.15, -0.1) is 0 Å². The molecule has 2 aliphatic rings. The number of aromatic nitrogens is 3. The molecular weight excluding hydrogens is 314 g/mol. The molecule has 0 unspecified atom stereocenters. The lowest BCUT2D eigenvalue weighted by atomic mass is 10.1. The van der Waals surface area contributed by atoms with Crippen LogP contribution in [-0.4, -0.2) is 61.7 Å². The summed E-state index contributed by atoms with van der Waals surface area (Å²) in [5.41, 5.74) is 1.66. The van der Waals surface area contributed by atoms with Crippen LogP contribution in [0.5, 0.6) is 0 Å². The smallest absolute Gasteiger partial charge is 0.253 e.